The zero-order valence-electron chi connectivity index (χ0n) is 11.5. The van der Waals surface area contributed by atoms with Crippen LogP contribution in [-0.4, -0.2) is 4.98 Å². The second-order valence-corrected chi connectivity index (χ2v) is 5.82. The van der Waals surface area contributed by atoms with Crippen molar-refractivity contribution in [3.63, 3.8) is 0 Å². The number of anilines is 1. The molecule has 1 aromatic heterocycles. The van der Waals surface area contributed by atoms with Crippen molar-refractivity contribution in [1.82, 2.24) is 4.98 Å². The first-order chi connectivity index (χ1) is 10.1. The topological polar surface area (TPSA) is 24.9 Å². The lowest BCUT2D eigenvalue weighted by atomic mass is 10.1. The summed E-state index contributed by atoms with van der Waals surface area (Å²) < 4.78 is 14.8. The Bertz CT molecular complexity index is 783. The van der Waals surface area contributed by atoms with E-state index in [1.165, 1.54) is 6.07 Å². The summed E-state index contributed by atoms with van der Waals surface area (Å²) in [6.07, 6.45) is 1.77. The maximum absolute atomic E-state index is 14.0. The molecule has 3 aromatic rings. The molecule has 0 aliphatic carbocycles. The van der Waals surface area contributed by atoms with Gasteiger partial charge in [0, 0.05) is 27.3 Å². The molecule has 3 rings (SSSR count). The quantitative estimate of drug-likeness (QED) is 0.696. The summed E-state index contributed by atoms with van der Waals surface area (Å²) in [5.74, 6) is -0.220. The van der Waals surface area contributed by atoms with Crippen molar-refractivity contribution >= 4 is 32.5 Å². The molecular formula is C17H14BrFN2. The van der Waals surface area contributed by atoms with Gasteiger partial charge in [-0.3, -0.25) is 4.98 Å². The van der Waals surface area contributed by atoms with Crippen LogP contribution < -0.4 is 5.32 Å². The van der Waals surface area contributed by atoms with Gasteiger partial charge in [0.05, 0.1) is 11.6 Å². The average molecular weight is 345 g/mol. The Morgan fingerprint density at radius 3 is 2.81 bits per heavy atom. The van der Waals surface area contributed by atoms with Crippen molar-refractivity contribution in [2.75, 3.05) is 5.32 Å². The summed E-state index contributed by atoms with van der Waals surface area (Å²) in [6.45, 7) is 1.95. The van der Waals surface area contributed by atoms with Crippen LogP contribution in [0.25, 0.3) is 10.9 Å². The maximum atomic E-state index is 14.0. The Labute approximate surface area is 131 Å². The number of hydrogen-bond donors (Lipinski definition) is 1. The normalized spacial score (nSPS) is 12.3. The Morgan fingerprint density at radius 2 is 2.00 bits per heavy atom. The van der Waals surface area contributed by atoms with Gasteiger partial charge < -0.3 is 5.32 Å². The Hall–Kier alpha value is -1.94. The van der Waals surface area contributed by atoms with Crippen LogP contribution in [0.1, 0.15) is 18.5 Å². The third-order valence-electron chi connectivity index (χ3n) is 3.45. The zero-order chi connectivity index (χ0) is 14.8. The number of fused-ring (bicyclic) bond motifs is 1. The van der Waals surface area contributed by atoms with Crippen LogP contribution in [0.15, 0.2) is 59.2 Å². The molecule has 0 aliphatic rings. The van der Waals surface area contributed by atoms with Crippen molar-refractivity contribution < 1.29 is 4.39 Å². The first-order valence-corrected chi connectivity index (χ1v) is 7.49. The predicted octanol–water partition coefficient (Wildman–Crippen LogP) is 5.31. The van der Waals surface area contributed by atoms with Crippen molar-refractivity contribution in [2.45, 2.75) is 13.0 Å². The summed E-state index contributed by atoms with van der Waals surface area (Å²) in [5, 5.41) is 4.40. The van der Waals surface area contributed by atoms with E-state index in [1.807, 2.05) is 43.3 Å². The minimum Gasteiger partial charge on any atom is -0.378 e. The smallest absolute Gasteiger partial charge is 0.129 e. The van der Waals surface area contributed by atoms with E-state index in [4.69, 9.17) is 0 Å². The van der Waals surface area contributed by atoms with Gasteiger partial charge in [-0.05, 0) is 43.3 Å². The number of benzene rings is 2. The summed E-state index contributed by atoms with van der Waals surface area (Å²) in [6, 6.07) is 14.8. The van der Waals surface area contributed by atoms with Gasteiger partial charge in [-0.2, -0.15) is 0 Å². The molecule has 21 heavy (non-hydrogen) atoms. The van der Waals surface area contributed by atoms with Crippen molar-refractivity contribution in [1.29, 1.82) is 0 Å². The molecule has 0 radical (unpaired) electrons. The molecule has 2 aromatic carbocycles. The van der Waals surface area contributed by atoms with Crippen LogP contribution in [-0.2, 0) is 0 Å². The van der Waals surface area contributed by atoms with Gasteiger partial charge >= 0.3 is 0 Å². The number of aromatic nitrogens is 1. The molecule has 0 bridgehead atoms. The first-order valence-electron chi connectivity index (χ1n) is 6.70. The van der Waals surface area contributed by atoms with E-state index < -0.39 is 0 Å². The molecule has 2 nitrogen and oxygen atoms in total. The van der Waals surface area contributed by atoms with Crippen LogP contribution in [0.5, 0.6) is 0 Å². The van der Waals surface area contributed by atoms with E-state index in [9.17, 15) is 4.39 Å². The number of halogens is 2. The van der Waals surface area contributed by atoms with Crippen LogP contribution in [0.2, 0.25) is 0 Å². The van der Waals surface area contributed by atoms with Crippen LogP contribution in [0.4, 0.5) is 10.1 Å². The summed E-state index contributed by atoms with van der Waals surface area (Å²) >= 11 is 3.28. The van der Waals surface area contributed by atoms with E-state index in [0.717, 1.165) is 21.1 Å². The molecule has 0 saturated heterocycles. The summed E-state index contributed by atoms with van der Waals surface area (Å²) in [5.41, 5.74) is 2.51. The molecular weight excluding hydrogens is 331 g/mol. The zero-order valence-corrected chi connectivity index (χ0v) is 13.1. The van der Waals surface area contributed by atoms with Crippen LogP contribution >= 0.6 is 15.9 Å². The van der Waals surface area contributed by atoms with Gasteiger partial charge in [0.1, 0.15) is 5.82 Å². The van der Waals surface area contributed by atoms with Gasteiger partial charge in [0.2, 0.25) is 0 Å². The van der Waals surface area contributed by atoms with Crippen LogP contribution in [0.3, 0.4) is 0 Å². The summed E-state index contributed by atoms with van der Waals surface area (Å²) in [4.78, 5) is 4.33. The highest BCUT2D eigenvalue weighted by Gasteiger charge is 2.12. The van der Waals surface area contributed by atoms with Gasteiger partial charge in [0.15, 0.2) is 0 Å². The number of rotatable bonds is 3. The highest BCUT2D eigenvalue weighted by molar-refractivity contribution is 9.10. The molecule has 0 fully saturated rings. The fourth-order valence-electron chi connectivity index (χ4n) is 2.39. The maximum Gasteiger partial charge on any atom is 0.129 e. The van der Waals surface area contributed by atoms with Crippen molar-refractivity contribution in [3.8, 4) is 0 Å². The largest absolute Gasteiger partial charge is 0.378 e. The Kier molecular flexibility index (Phi) is 3.88. The molecule has 106 valence electrons. The summed E-state index contributed by atoms with van der Waals surface area (Å²) in [7, 11) is 0. The Morgan fingerprint density at radius 1 is 1.14 bits per heavy atom. The van der Waals surface area contributed by atoms with E-state index in [-0.39, 0.29) is 11.9 Å². The number of pyridine rings is 1. The lowest BCUT2D eigenvalue weighted by Gasteiger charge is -2.18. The number of hydrogen-bond acceptors (Lipinski definition) is 2. The molecule has 1 unspecified atom stereocenters. The van der Waals surface area contributed by atoms with Crippen LogP contribution in [0, 0.1) is 5.82 Å². The van der Waals surface area contributed by atoms with E-state index in [0.29, 0.717) is 5.56 Å². The number of nitrogens with one attached hydrogen (secondary N) is 1. The van der Waals surface area contributed by atoms with E-state index >= 15 is 0 Å². The standard InChI is InChI=1S/C17H14BrFN2/c1-11(13-8-7-12(18)10-15(13)19)21-17-6-2-5-16-14(17)4-3-9-20-16/h2-11,21H,1H3. The molecule has 1 heterocycles. The van der Waals surface area contributed by atoms with Gasteiger partial charge in [-0.25, -0.2) is 4.39 Å². The molecule has 0 aliphatic heterocycles. The van der Waals surface area contributed by atoms with E-state index in [2.05, 4.69) is 26.2 Å². The minimum absolute atomic E-state index is 0.135. The second kappa shape index (κ2) is 5.82. The van der Waals surface area contributed by atoms with E-state index in [1.54, 1.807) is 12.3 Å². The third-order valence-corrected chi connectivity index (χ3v) is 3.94. The van der Waals surface area contributed by atoms with Crippen molar-refractivity contribution in [3.05, 3.63) is 70.6 Å². The average Bonchev–Trinajstić information content (AvgIpc) is 2.47. The van der Waals surface area contributed by atoms with Gasteiger partial charge in [-0.15, -0.1) is 0 Å². The molecule has 0 saturated carbocycles. The van der Waals surface area contributed by atoms with Gasteiger partial charge in [0.25, 0.3) is 0 Å². The third kappa shape index (κ3) is 2.90. The fraction of sp³-hybridized carbons (Fsp3) is 0.118. The lowest BCUT2D eigenvalue weighted by molar-refractivity contribution is 0.599. The molecule has 1 atom stereocenters. The monoisotopic (exact) mass is 344 g/mol. The SMILES string of the molecule is CC(Nc1cccc2ncccc12)c1ccc(Br)cc1F. The molecule has 0 amide bonds. The van der Waals surface area contributed by atoms with Crippen molar-refractivity contribution in [2.24, 2.45) is 0 Å². The molecule has 1 N–H and O–H groups in total. The highest BCUT2D eigenvalue weighted by Crippen LogP contribution is 2.28. The molecule has 0 spiro atoms. The fourth-order valence-corrected chi connectivity index (χ4v) is 2.73. The highest BCUT2D eigenvalue weighted by atomic mass is 79.9. The van der Waals surface area contributed by atoms with Gasteiger partial charge in [-0.1, -0.05) is 28.1 Å². The first kappa shape index (κ1) is 14.0. The molecule has 4 heteroatoms. The lowest BCUT2D eigenvalue weighted by Crippen LogP contribution is -2.09. The number of nitrogens with zero attached hydrogens (tertiary/aromatic N) is 1. The minimum atomic E-state index is -0.220. The predicted molar refractivity (Wildman–Crippen MR) is 87.9 cm³/mol. The second-order valence-electron chi connectivity index (χ2n) is 4.91. The Balaban J connectivity index is 1.94.